The Morgan fingerprint density at radius 3 is 2.63 bits per heavy atom. The summed E-state index contributed by atoms with van der Waals surface area (Å²) < 4.78 is 0. The Hall–Kier alpha value is -0.970. The van der Waals surface area contributed by atoms with Gasteiger partial charge >= 0.3 is 0 Å². The number of nitrogens with one attached hydrogen (secondary N) is 1. The number of carbonyl (C=O) groups excluding carboxylic acids is 2. The van der Waals surface area contributed by atoms with Crippen LogP contribution in [0.25, 0.3) is 0 Å². The summed E-state index contributed by atoms with van der Waals surface area (Å²) in [6.45, 7) is 11.7. The Morgan fingerprint density at radius 2 is 2.11 bits per heavy atom. The lowest BCUT2D eigenvalue weighted by Crippen LogP contribution is -2.69. The van der Waals surface area contributed by atoms with E-state index in [1.807, 2.05) is 19.9 Å². The first kappa shape index (κ1) is 16.1. The van der Waals surface area contributed by atoms with E-state index in [1.54, 1.807) is 30.5 Å². The van der Waals surface area contributed by atoms with Gasteiger partial charge in [-0.05, 0) is 19.8 Å². The predicted octanol–water partition coefficient (Wildman–Crippen LogP) is 1.67. The topological polar surface area (TPSA) is 49.4 Å². The molecule has 0 aliphatic carbocycles. The SMILES string of the molecule is C=CCSCCN1C(=O)C(C)(C)NC(=O)C1C(C)C. The third-order valence-corrected chi connectivity index (χ3v) is 4.12. The summed E-state index contributed by atoms with van der Waals surface area (Å²) in [5.74, 6) is 1.76. The molecule has 1 aliphatic rings. The largest absolute Gasteiger partial charge is 0.340 e. The molecule has 1 heterocycles. The van der Waals surface area contributed by atoms with Gasteiger partial charge in [0.2, 0.25) is 11.8 Å². The molecule has 1 saturated heterocycles. The molecule has 0 radical (unpaired) electrons. The highest BCUT2D eigenvalue weighted by molar-refractivity contribution is 7.99. The monoisotopic (exact) mass is 284 g/mol. The second-order valence-corrected chi connectivity index (χ2v) is 6.82. The van der Waals surface area contributed by atoms with Crippen LogP contribution in [0.2, 0.25) is 0 Å². The van der Waals surface area contributed by atoms with Gasteiger partial charge in [-0.3, -0.25) is 9.59 Å². The fourth-order valence-corrected chi connectivity index (χ4v) is 2.95. The molecule has 1 rings (SSSR count). The lowest BCUT2D eigenvalue weighted by Gasteiger charge is -2.44. The van der Waals surface area contributed by atoms with Crippen LogP contribution >= 0.6 is 11.8 Å². The molecule has 1 aliphatic heterocycles. The molecule has 5 heteroatoms. The lowest BCUT2D eigenvalue weighted by atomic mass is 9.91. The van der Waals surface area contributed by atoms with Crippen LogP contribution in [0.1, 0.15) is 27.7 Å². The maximum atomic E-state index is 12.5. The van der Waals surface area contributed by atoms with Gasteiger partial charge in [-0.15, -0.1) is 6.58 Å². The zero-order valence-corrected chi connectivity index (χ0v) is 13.0. The molecule has 0 saturated carbocycles. The van der Waals surface area contributed by atoms with E-state index in [0.717, 1.165) is 11.5 Å². The summed E-state index contributed by atoms with van der Waals surface area (Å²) in [5, 5.41) is 2.82. The van der Waals surface area contributed by atoms with Gasteiger partial charge in [0.15, 0.2) is 0 Å². The maximum Gasteiger partial charge on any atom is 0.248 e. The molecular weight excluding hydrogens is 260 g/mol. The van der Waals surface area contributed by atoms with Crippen molar-refractivity contribution in [2.45, 2.75) is 39.3 Å². The highest BCUT2D eigenvalue weighted by Crippen LogP contribution is 2.23. The van der Waals surface area contributed by atoms with Crippen LogP contribution in [-0.2, 0) is 9.59 Å². The molecule has 1 atom stereocenters. The first-order valence-corrected chi connectivity index (χ1v) is 7.78. The van der Waals surface area contributed by atoms with Crippen molar-refractivity contribution in [2.24, 2.45) is 5.92 Å². The quantitative estimate of drug-likeness (QED) is 0.596. The number of hydrogen-bond acceptors (Lipinski definition) is 3. The lowest BCUT2D eigenvalue weighted by molar-refractivity contribution is -0.154. The Morgan fingerprint density at radius 1 is 1.47 bits per heavy atom. The first-order valence-electron chi connectivity index (χ1n) is 6.63. The number of carbonyl (C=O) groups is 2. The fraction of sp³-hybridized carbons (Fsp3) is 0.714. The standard InChI is InChI=1S/C14H24N2O2S/c1-6-8-19-9-7-16-11(10(2)3)12(17)15-14(4,5)13(16)18/h6,10-11H,1,7-9H2,2-5H3,(H,15,17). The molecule has 0 bridgehead atoms. The predicted molar refractivity (Wildman–Crippen MR) is 80.1 cm³/mol. The molecule has 1 N–H and O–H groups in total. The summed E-state index contributed by atoms with van der Waals surface area (Å²) in [5.41, 5.74) is -0.800. The molecule has 0 spiro atoms. The molecule has 4 nitrogen and oxygen atoms in total. The van der Waals surface area contributed by atoms with Crippen LogP contribution in [0.15, 0.2) is 12.7 Å². The molecular formula is C14H24N2O2S. The highest BCUT2D eigenvalue weighted by Gasteiger charge is 2.45. The molecule has 2 amide bonds. The molecule has 0 aromatic rings. The van der Waals surface area contributed by atoms with E-state index in [9.17, 15) is 9.59 Å². The zero-order valence-electron chi connectivity index (χ0n) is 12.2. The Labute approximate surface area is 120 Å². The Kier molecular flexibility index (Phi) is 5.47. The highest BCUT2D eigenvalue weighted by atomic mass is 32.2. The zero-order chi connectivity index (χ0) is 14.6. The van der Waals surface area contributed by atoms with Gasteiger partial charge in [-0.25, -0.2) is 0 Å². The molecule has 0 aromatic carbocycles. The number of hydrogen-bond donors (Lipinski definition) is 1. The second-order valence-electron chi connectivity index (χ2n) is 5.67. The van der Waals surface area contributed by atoms with Crippen LogP contribution in [0.4, 0.5) is 0 Å². The van der Waals surface area contributed by atoms with E-state index in [4.69, 9.17) is 0 Å². The molecule has 108 valence electrons. The van der Waals surface area contributed by atoms with Gasteiger partial charge in [-0.1, -0.05) is 19.9 Å². The van der Waals surface area contributed by atoms with Crippen molar-refractivity contribution in [3.8, 4) is 0 Å². The third kappa shape index (κ3) is 3.75. The van der Waals surface area contributed by atoms with Crippen LogP contribution < -0.4 is 5.32 Å². The van der Waals surface area contributed by atoms with Gasteiger partial charge in [0.1, 0.15) is 11.6 Å². The van der Waals surface area contributed by atoms with Crippen molar-refractivity contribution in [2.75, 3.05) is 18.1 Å². The van der Waals surface area contributed by atoms with Gasteiger partial charge in [-0.2, -0.15) is 11.8 Å². The van der Waals surface area contributed by atoms with Crippen molar-refractivity contribution < 1.29 is 9.59 Å². The number of nitrogens with zero attached hydrogens (tertiary/aromatic N) is 1. The van der Waals surface area contributed by atoms with E-state index < -0.39 is 5.54 Å². The van der Waals surface area contributed by atoms with E-state index in [1.165, 1.54) is 0 Å². The summed E-state index contributed by atoms with van der Waals surface area (Å²) in [6, 6.07) is -0.357. The molecule has 19 heavy (non-hydrogen) atoms. The molecule has 1 unspecified atom stereocenters. The average Bonchev–Trinajstić information content (AvgIpc) is 2.29. The summed E-state index contributed by atoms with van der Waals surface area (Å²) in [4.78, 5) is 26.4. The first-order chi connectivity index (χ1) is 8.81. The average molecular weight is 284 g/mol. The van der Waals surface area contributed by atoms with Crippen LogP contribution in [0.5, 0.6) is 0 Å². The molecule has 1 fully saturated rings. The second kappa shape index (κ2) is 6.46. The third-order valence-electron chi connectivity index (χ3n) is 3.18. The maximum absolute atomic E-state index is 12.5. The number of piperazine rings is 1. The summed E-state index contributed by atoms with van der Waals surface area (Å²) >= 11 is 1.72. The van der Waals surface area contributed by atoms with E-state index in [0.29, 0.717) is 6.54 Å². The van der Waals surface area contributed by atoms with Crippen molar-refractivity contribution in [3.05, 3.63) is 12.7 Å². The Bertz CT molecular complexity index is 366. The van der Waals surface area contributed by atoms with Crippen molar-refractivity contribution in [1.82, 2.24) is 10.2 Å². The van der Waals surface area contributed by atoms with Gasteiger partial charge in [0.05, 0.1) is 0 Å². The number of amides is 2. The minimum absolute atomic E-state index is 0.00463. The fourth-order valence-electron chi connectivity index (χ4n) is 2.30. The van der Waals surface area contributed by atoms with Crippen molar-refractivity contribution in [3.63, 3.8) is 0 Å². The summed E-state index contributed by atoms with van der Waals surface area (Å²) in [6.07, 6.45) is 1.85. The molecule has 0 aromatic heterocycles. The minimum atomic E-state index is -0.800. The van der Waals surface area contributed by atoms with Crippen LogP contribution in [0, 0.1) is 5.92 Å². The van der Waals surface area contributed by atoms with E-state index in [-0.39, 0.29) is 23.8 Å². The number of thioether (sulfide) groups is 1. The van der Waals surface area contributed by atoms with E-state index in [2.05, 4.69) is 11.9 Å². The van der Waals surface area contributed by atoms with Crippen molar-refractivity contribution >= 4 is 23.6 Å². The smallest absolute Gasteiger partial charge is 0.248 e. The Balaban J connectivity index is 2.81. The van der Waals surface area contributed by atoms with Crippen LogP contribution in [-0.4, -0.2) is 46.3 Å². The normalized spacial score (nSPS) is 22.6. The van der Waals surface area contributed by atoms with E-state index >= 15 is 0 Å². The van der Waals surface area contributed by atoms with Gasteiger partial charge in [0, 0.05) is 18.1 Å². The van der Waals surface area contributed by atoms with Crippen molar-refractivity contribution in [1.29, 1.82) is 0 Å². The summed E-state index contributed by atoms with van der Waals surface area (Å²) in [7, 11) is 0. The minimum Gasteiger partial charge on any atom is -0.340 e. The van der Waals surface area contributed by atoms with Gasteiger partial charge < -0.3 is 10.2 Å². The van der Waals surface area contributed by atoms with Crippen LogP contribution in [0.3, 0.4) is 0 Å². The number of rotatable bonds is 6. The van der Waals surface area contributed by atoms with Gasteiger partial charge in [0.25, 0.3) is 0 Å².